The van der Waals surface area contributed by atoms with Crippen LogP contribution in [0.1, 0.15) is 47.6 Å². The first-order valence-electron chi connectivity index (χ1n) is 8.92. The van der Waals surface area contributed by atoms with Crippen LogP contribution in [-0.2, 0) is 26.5 Å². The number of aromatic carboxylic acids is 1. The number of carbonyl (C=O) groups is 1. The average Bonchev–Trinajstić information content (AvgIpc) is 3.19. The van der Waals surface area contributed by atoms with Crippen molar-refractivity contribution < 1.29 is 39.7 Å². The van der Waals surface area contributed by atoms with Gasteiger partial charge < -0.3 is 10.1 Å². The Hall–Kier alpha value is -2.53. The summed E-state index contributed by atoms with van der Waals surface area (Å²) in [6.45, 7) is 0. The van der Waals surface area contributed by atoms with Crippen LogP contribution >= 0.6 is 0 Å². The quantitative estimate of drug-likeness (QED) is 0.374. The molecule has 0 unspecified atom stereocenters. The second-order valence-corrected chi connectivity index (χ2v) is 6.80. The van der Waals surface area contributed by atoms with Gasteiger partial charge in [-0.25, -0.2) is 18.6 Å². The minimum Gasteiger partial charge on any atom is -0.477 e. The molecule has 3 heterocycles. The van der Waals surface area contributed by atoms with Gasteiger partial charge in [-0.05, 0) is 36.7 Å². The Kier molecular flexibility index (Phi) is 6.18. The van der Waals surface area contributed by atoms with Crippen molar-refractivity contribution in [2.75, 3.05) is 0 Å². The Morgan fingerprint density at radius 3 is 2.31 bits per heavy atom. The van der Waals surface area contributed by atoms with Crippen molar-refractivity contribution >= 4 is 5.97 Å². The number of hydrogen-bond acceptors (Lipinski definition) is 4. The summed E-state index contributed by atoms with van der Waals surface area (Å²) < 4.78 is 27.2. The van der Waals surface area contributed by atoms with Crippen LogP contribution < -0.4 is 0 Å². The second-order valence-electron chi connectivity index (χ2n) is 6.80. The largest absolute Gasteiger partial charge is 0.477 e. The molecule has 3 aromatic heterocycles. The smallest absolute Gasteiger partial charge is 0.354 e. The molecule has 0 aliphatic heterocycles. The van der Waals surface area contributed by atoms with Gasteiger partial charge in [0.2, 0.25) is 0 Å². The molecule has 152 valence electrons. The standard InChI is InChI=1S/C21H16F2N3O2.Pt/c22-18-10-9-13(19(23)26-18)14-5-3-7-16(24-14)21(11-1-2-12-21)17-8-4-6-15(25-17)20(27)28;/h3-8,10H,1-2,11-12H2,(H,27,28);/q-1;. The van der Waals surface area contributed by atoms with Gasteiger partial charge in [-0.2, -0.15) is 0 Å². The first kappa shape index (κ1) is 21.2. The van der Waals surface area contributed by atoms with E-state index in [0.717, 1.165) is 31.7 Å². The molecule has 1 saturated carbocycles. The zero-order valence-electron chi connectivity index (χ0n) is 15.1. The molecule has 0 spiro atoms. The van der Waals surface area contributed by atoms with Crippen LogP contribution in [0.25, 0.3) is 11.3 Å². The van der Waals surface area contributed by atoms with Gasteiger partial charge in [0.05, 0.1) is 11.1 Å². The third-order valence-electron chi connectivity index (χ3n) is 5.16. The van der Waals surface area contributed by atoms with Crippen molar-refractivity contribution in [1.82, 2.24) is 15.0 Å². The van der Waals surface area contributed by atoms with Crippen molar-refractivity contribution in [3.63, 3.8) is 0 Å². The van der Waals surface area contributed by atoms with Crippen LogP contribution in [-0.4, -0.2) is 26.0 Å². The third kappa shape index (κ3) is 3.97. The molecule has 0 saturated heterocycles. The minimum absolute atomic E-state index is 0. The van der Waals surface area contributed by atoms with Crippen LogP contribution in [0.5, 0.6) is 0 Å². The van der Waals surface area contributed by atoms with Crippen LogP contribution in [0.2, 0.25) is 0 Å². The van der Waals surface area contributed by atoms with E-state index in [1.807, 2.05) is 6.07 Å². The molecule has 0 radical (unpaired) electrons. The molecule has 1 aliphatic rings. The Morgan fingerprint density at radius 1 is 1.00 bits per heavy atom. The van der Waals surface area contributed by atoms with Gasteiger partial charge in [0.15, 0.2) is 0 Å². The number of rotatable bonds is 4. The maximum Gasteiger partial charge on any atom is 0.354 e. The van der Waals surface area contributed by atoms with E-state index in [2.05, 4.69) is 21.0 Å². The van der Waals surface area contributed by atoms with Gasteiger partial charge in [0.1, 0.15) is 17.6 Å². The molecule has 0 aromatic carbocycles. The monoisotopic (exact) mass is 575 g/mol. The van der Waals surface area contributed by atoms with Crippen molar-refractivity contribution in [2.24, 2.45) is 0 Å². The number of hydrogen-bond donors (Lipinski definition) is 1. The van der Waals surface area contributed by atoms with E-state index in [0.29, 0.717) is 17.1 Å². The number of aromatic nitrogens is 3. The molecule has 3 aromatic rings. The topological polar surface area (TPSA) is 76.0 Å². The van der Waals surface area contributed by atoms with E-state index < -0.39 is 23.3 Å². The second kappa shape index (κ2) is 8.45. The van der Waals surface area contributed by atoms with Crippen LogP contribution in [0, 0.1) is 18.0 Å². The first-order chi connectivity index (χ1) is 13.5. The van der Waals surface area contributed by atoms with Gasteiger partial charge in [-0.3, -0.25) is 4.98 Å². The molecule has 29 heavy (non-hydrogen) atoms. The number of carboxylic acid groups (broad SMARTS) is 1. The molecule has 8 heteroatoms. The van der Waals surface area contributed by atoms with E-state index in [9.17, 15) is 18.7 Å². The molecule has 0 amide bonds. The summed E-state index contributed by atoms with van der Waals surface area (Å²) in [5.74, 6) is -3.01. The van der Waals surface area contributed by atoms with Gasteiger partial charge in [0.25, 0.3) is 0 Å². The SMILES string of the molecule is O=C(O)c1cccc(C2(c3cccc(-c4[c-]cc(F)nc4F)n3)CCCC2)n1.[Pt]. The van der Waals surface area contributed by atoms with Gasteiger partial charge >= 0.3 is 5.97 Å². The van der Waals surface area contributed by atoms with E-state index in [4.69, 9.17) is 0 Å². The molecular formula is C21H16F2N3O2Pt-. The first-order valence-corrected chi connectivity index (χ1v) is 8.92. The van der Waals surface area contributed by atoms with Crippen molar-refractivity contribution in [2.45, 2.75) is 31.1 Å². The maximum atomic E-state index is 14.1. The average molecular weight is 575 g/mol. The normalized spacial score (nSPS) is 15.0. The van der Waals surface area contributed by atoms with Gasteiger partial charge in [0, 0.05) is 26.8 Å². The molecule has 4 rings (SSSR count). The van der Waals surface area contributed by atoms with Crippen molar-refractivity contribution in [3.8, 4) is 11.3 Å². The summed E-state index contributed by atoms with van der Waals surface area (Å²) in [5, 5.41) is 9.29. The van der Waals surface area contributed by atoms with Crippen molar-refractivity contribution in [1.29, 1.82) is 0 Å². The van der Waals surface area contributed by atoms with Crippen LogP contribution in [0.3, 0.4) is 0 Å². The fraction of sp³-hybridized carbons (Fsp3) is 0.238. The van der Waals surface area contributed by atoms with Crippen LogP contribution in [0.4, 0.5) is 8.78 Å². The van der Waals surface area contributed by atoms with E-state index >= 15 is 0 Å². The maximum absolute atomic E-state index is 14.1. The molecular weight excluding hydrogens is 559 g/mol. The zero-order chi connectivity index (χ0) is 19.7. The number of halogens is 2. The Balaban J connectivity index is 0.00000240. The van der Waals surface area contributed by atoms with E-state index in [-0.39, 0.29) is 32.3 Å². The summed E-state index contributed by atoms with van der Waals surface area (Å²) in [6.07, 6.45) is 3.41. The van der Waals surface area contributed by atoms with Gasteiger partial charge in [-0.1, -0.05) is 42.7 Å². The van der Waals surface area contributed by atoms with E-state index in [1.165, 1.54) is 6.07 Å². The predicted octanol–water partition coefficient (Wildman–Crippen LogP) is 4.17. The molecule has 1 aliphatic carbocycles. The van der Waals surface area contributed by atoms with Crippen LogP contribution in [0.15, 0.2) is 42.5 Å². The Bertz CT molecular complexity index is 1060. The minimum atomic E-state index is -1.09. The zero-order valence-corrected chi connectivity index (χ0v) is 17.4. The predicted molar refractivity (Wildman–Crippen MR) is 96.7 cm³/mol. The Labute approximate surface area is 180 Å². The number of nitrogens with zero attached hydrogens (tertiary/aromatic N) is 3. The summed E-state index contributed by atoms with van der Waals surface area (Å²) in [6, 6.07) is 13.6. The number of carboxylic acids is 1. The summed E-state index contributed by atoms with van der Waals surface area (Å²) >= 11 is 0. The van der Waals surface area contributed by atoms with E-state index in [1.54, 1.807) is 24.3 Å². The fourth-order valence-corrected chi connectivity index (χ4v) is 3.84. The molecule has 5 nitrogen and oxygen atoms in total. The fourth-order valence-electron chi connectivity index (χ4n) is 3.84. The molecule has 0 atom stereocenters. The molecule has 0 bridgehead atoms. The number of pyridine rings is 3. The molecule has 1 fully saturated rings. The van der Waals surface area contributed by atoms with Gasteiger partial charge in [-0.15, -0.1) is 6.07 Å². The third-order valence-corrected chi connectivity index (χ3v) is 5.16. The summed E-state index contributed by atoms with van der Waals surface area (Å²) in [7, 11) is 0. The Morgan fingerprint density at radius 2 is 1.66 bits per heavy atom. The summed E-state index contributed by atoms with van der Waals surface area (Å²) in [5.41, 5.74) is 1.02. The van der Waals surface area contributed by atoms with Crippen molar-refractivity contribution in [3.05, 3.63) is 77.5 Å². The molecule has 1 N–H and O–H groups in total. The summed E-state index contributed by atoms with van der Waals surface area (Å²) in [4.78, 5) is 23.5.